The number of furan rings is 1. The number of para-hydroxylation sites is 3. The molecule has 0 amide bonds. The summed E-state index contributed by atoms with van der Waals surface area (Å²) in [6, 6.07) is 18.1. The van der Waals surface area contributed by atoms with Gasteiger partial charge >= 0.3 is 0 Å². The van der Waals surface area contributed by atoms with Gasteiger partial charge in [-0.2, -0.15) is 5.10 Å². The van der Waals surface area contributed by atoms with Crippen LogP contribution in [0.15, 0.2) is 65.2 Å². The Morgan fingerprint density at radius 3 is 2.67 bits per heavy atom. The van der Waals surface area contributed by atoms with Gasteiger partial charge in [0, 0.05) is 24.4 Å². The number of piperidine rings is 1. The largest absolute Gasteiger partial charge is 0.454 e. The smallest absolute Gasteiger partial charge is 0.246 e. The molecule has 7 heteroatoms. The van der Waals surface area contributed by atoms with Crippen LogP contribution in [0.4, 0.5) is 5.95 Å². The summed E-state index contributed by atoms with van der Waals surface area (Å²) in [6.45, 7) is 1.74. The van der Waals surface area contributed by atoms with Crippen LogP contribution in [0.1, 0.15) is 24.6 Å². The molecule has 0 bridgehead atoms. The lowest BCUT2D eigenvalue weighted by molar-refractivity contribution is 0.483. The van der Waals surface area contributed by atoms with E-state index in [1.807, 2.05) is 48.5 Å². The Balaban J connectivity index is 1.21. The topological polar surface area (TPSA) is 83.7 Å². The van der Waals surface area contributed by atoms with Crippen LogP contribution in [0, 0.1) is 0 Å². The van der Waals surface area contributed by atoms with E-state index in [9.17, 15) is 0 Å². The predicted octanol–water partition coefficient (Wildman–Crippen LogP) is 4.55. The first-order valence-electron chi connectivity index (χ1n) is 10.2. The molecule has 5 aromatic rings. The second-order valence-corrected chi connectivity index (χ2v) is 7.69. The molecule has 1 fully saturated rings. The van der Waals surface area contributed by atoms with Gasteiger partial charge in [-0.05, 0) is 37.1 Å². The zero-order chi connectivity index (χ0) is 19.9. The lowest BCUT2D eigenvalue weighted by Crippen LogP contribution is -2.34. The van der Waals surface area contributed by atoms with Gasteiger partial charge in [-0.1, -0.05) is 30.3 Å². The molecule has 0 atom stereocenters. The molecule has 1 aliphatic rings. The molecule has 148 valence electrons. The first-order chi connectivity index (χ1) is 14.8. The predicted molar refractivity (Wildman–Crippen MR) is 115 cm³/mol. The number of benzene rings is 2. The summed E-state index contributed by atoms with van der Waals surface area (Å²) in [4.78, 5) is 15.2. The van der Waals surface area contributed by atoms with Crippen molar-refractivity contribution in [2.45, 2.75) is 18.8 Å². The van der Waals surface area contributed by atoms with E-state index in [2.05, 4.69) is 26.1 Å². The van der Waals surface area contributed by atoms with E-state index in [-0.39, 0.29) is 0 Å². The van der Waals surface area contributed by atoms with Gasteiger partial charge in [0.1, 0.15) is 17.1 Å². The zero-order valence-corrected chi connectivity index (χ0v) is 16.3. The summed E-state index contributed by atoms with van der Waals surface area (Å²) in [5.41, 5.74) is 3.68. The molecule has 2 aromatic carbocycles. The van der Waals surface area contributed by atoms with E-state index >= 15 is 0 Å². The van der Waals surface area contributed by atoms with Crippen molar-refractivity contribution in [3.8, 4) is 11.5 Å². The van der Waals surface area contributed by atoms with E-state index in [1.54, 1.807) is 6.20 Å². The lowest BCUT2D eigenvalue weighted by atomic mass is 9.96. The number of hydrogen-bond acceptors (Lipinski definition) is 6. The van der Waals surface area contributed by atoms with Crippen LogP contribution in [-0.4, -0.2) is 38.2 Å². The number of aromatic nitrogens is 5. The van der Waals surface area contributed by atoms with Crippen molar-refractivity contribution in [2.75, 3.05) is 18.0 Å². The molecule has 1 saturated heterocycles. The average molecular weight is 396 g/mol. The number of fused-ring (bicyclic) bond motifs is 2. The number of aromatic amines is 1. The average Bonchev–Trinajstić information content (AvgIpc) is 3.44. The monoisotopic (exact) mass is 396 g/mol. The van der Waals surface area contributed by atoms with Gasteiger partial charge < -0.3 is 14.3 Å². The Morgan fingerprint density at radius 1 is 0.967 bits per heavy atom. The van der Waals surface area contributed by atoms with Crippen molar-refractivity contribution in [2.24, 2.45) is 0 Å². The number of nitrogens with zero attached hydrogens (tertiary/aromatic N) is 5. The summed E-state index contributed by atoms with van der Waals surface area (Å²) in [5, 5.41) is 9.51. The zero-order valence-electron chi connectivity index (χ0n) is 16.3. The molecule has 1 N–H and O–H groups in total. The standard InChI is InChI=1S/C23H20N6O/c1-4-8-20-16(5-1)13-21(30-20)19-14-24-28-23(27-19)29-11-9-15(10-12-29)22-25-17-6-2-3-7-18(17)26-22/h1-8,13-15H,9-12H2,(H,25,26). The Labute approximate surface area is 172 Å². The molecule has 7 nitrogen and oxygen atoms in total. The lowest BCUT2D eigenvalue weighted by Gasteiger charge is -2.30. The number of nitrogens with one attached hydrogen (secondary N) is 1. The highest BCUT2D eigenvalue weighted by atomic mass is 16.3. The molecule has 30 heavy (non-hydrogen) atoms. The minimum atomic E-state index is 0.417. The number of H-pyrrole nitrogens is 1. The second-order valence-electron chi connectivity index (χ2n) is 7.69. The normalized spacial score (nSPS) is 15.3. The van der Waals surface area contributed by atoms with Gasteiger partial charge in [0.25, 0.3) is 0 Å². The van der Waals surface area contributed by atoms with Gasteiger partial charge in [0.2, 0.25) is 5.95 Å². The number of anilines is 1. The maximum Gasteiger partial charge on any atom is 0.246 e. The Morgan fingerprint density at radius 2 is 1.80 bits per heavy atom. The third kappa shape index (κ3) is 2.99. The Hall–Kier alpha value is -3.74. The van der Waals surface area contributed by atoms with Gasteiger partial charge in [-0.25, -0.2) is 9.97 Å². The molecule has 6 rings (SSSR count). The molecule has 0 radical (unpaired) electrons. The van der Waals surface area contributed by atoms with Crippen LogP contribution in [0.5, 0.6) is 0 Å². The highest BCUT2D eigenvalue weighted by molar-refractivity contribution is 5.82. The second kappa shape index (κ2) is 6.95. The van der Waals surface area contributed by atoms with E-state index in [4.69, 9.17) is 14.4 Å². The Bertz CT molecular complexity index is 1270. The summed E-state index contributed by atoms with van der Waals surface area (Å²) >= 11 is 0. The Kier molecular flexibility index (Phi) is 3.97. The van der Waals surface area contributed by atoms with E-state index in [0.717, 1.165) is 53.8 Å². The maximum absolute atomic E-state index is 5.94. The van der Waals surface area contributed by atoms with Crippen molar-refractivity contribution < 1.29 is 4.42 Å². The molecule has 4 heterocycles. The minimum Gasteiger partial charge on any atom is -0.454 e. The maximum atomic E-state index is 5.94. The molecule has 0 unspecified atom stereocenters. The highest BCUT2D eigenvalue weighted by Crippen LogP contribution is 2.30. The fraction of sp³-hybridized carbons (Fsp3) is 0.217. The third-order valence-corrected chi connectivity index (χ3v) is 5.80. The molecule has 0 aliphatic carbocycles. The third-order valence-electron chi connectivity index (χ3n) is 5.80. The molecule has 1 aliphatic heterocycles. The van der Waals surface area contributed by atoms with Crippen molar-refractivity contribution in [3.63, 3.8) is 0 Å². The molecule has 0 spiro atoms. The fourth-order valence-corrected chi connectivity index (χ4v) is 4.17. The van der Waals surface area contributed by atoms with Crippen LogP contribution >= 0.6 is 0 Å². The van der Waals surface area contributed by atoms with Gasteiger partial charge in [0.05, 0.1) is 17.2 Å². The van der Waals surface area contributed by atoms with E-state index < -0.39 is 0 Å². The number of rotatable bonds is 3. The fourth-order valence-electron chi connectivity index (χ4n) is 4.17. The molecule has 3 aromatic heterocycles. The number of hydrogen-bond donors (Lipinski definition) is 1. The van der Waals surface area contributed by atoms with Crippen molar-refractivity contribution in [1.82, 2.24) is 25.1 Å². The number of imidazole rings is 1. The first-order valence-corrected chi connectivity index (χ1v) is 10.2. The molecule has 0 saturated carbocycles. The van der Waals surface area contributed by atoms with E-state index in [0.29, 0.717) is 23.3 Å². The van der Waals surface area contributed by atoms with Gasteiger partial charge in [-0.3, -0.25) is 0 Å². The minimum absolute atomic E-state index is 0.417. The summed E-state index contributed by atoms with van der Waals surface area (Å²) < 4.78 is 5.94. The molecular formula is C23H20N6O. The van der Waals surface area contributed by atoms with Gasteiger partial charge in [0.15, 0.2) is 5.76 Å². The van der Waals surface area contributed by atoms with Crippen molar-refractivity contribution in [1.29, 1.82) is 0 Å². The van der Waals surface area contributed by atoms with Crippen LogP contribution in [0.2, 0.25) is 0 Å². The van der Waals surface area contributed by atoms with Gasteiger partial charge in [-0.15, -0.1) is 5.10 Å². The van der Waals surface area contributed by atoms with E-state index in [1.165, 1.54) is 0 Å². The molecular weight excluding hydrogens is 376 g/mol. The van der Waals surface area contributed by atoms with Crippen LogP contribution in [0.25, 0.3) is 33.5 Å². The van der Waals surface area contributed by atoms with Crippen LogP contribution in [0.3, 0.4) is 0 Å². The summed E-state index contributed by atoms with van der Waals surface area (Å²) in [7, 11) is 0. The summed E-state index contributed by atoms with van der Waals surface area (Å²) in [6.07, 6.45) is 3.65. The van der Waals surface area contributed by atoms with Crippen LogP contribution < -0.4 is 4.90 Å². The quantitative estimate of drug-likeness (QED) is 0.482. The highest BCUT2D eigenvalue weighted by Gasteiger charge is 2.25. The van der Waals surface area contributed by atoms with Crippen LogP contribution in [-0.2, 0) is 0 Å². The SMILES string of the molecule is c1ccc2oc(-c3cnnc(N4CCC(c5nc6ccccc6[nH]5)CC4)n3)cc2c1. The van der Waals surface area contributed by atoms with Crippen molar-refractivity contribution >= 4 is 28.0 Å². The summed E-state index contributed by atoms with van der Waals surface area (Å²) in [5.74, 6) is 2.85. The van der Waals surface area contributed by atoms with Crippen molar-refractivity contribution in [3.05, 3.63) is 66.6 Å². The first kappa shape index (κ1) is 17.1.